The molecule has 1 aliphatic heterocycles. The van der Waals surface area contributed by atoms with E-state index >= 15 is 0 Å². The van der Waals surface area contributed by atoms with Crippen LogP contribution in [-0.4, -0.2) is 19.3 Å². The van der Waals surface area contributed by atoms with E-state index in [0.29, 0.717) is 6.61 Å². The van der Waals surface area contributed by atoms with Crippen LogP contribution in [0.3, 0.4) is 0 Å². The van der Waals surface area contributed by atoms with Crippen LogP contribution in [0.5, 0.6) is 5.75 Å². The zero-order valence-corrected chi connectivity index (χ0v) is 12.7. The van der Waals surface area contributed by atoms with Gasteiger partial charge in [0.15, 0.2) is 0 Å². The van der Waals surface area contributed by atoms with E-state index in [1.807, 2.05) is 0 Å². The Kier molecular flexibility index (Phi) is 2.79. The lowest BCUT2D eigenvalue weighted by Crippen LogP contribution is -2.04. The number of fused-ring (bicyclic) bond motifs is 4. The fourth-order valence-electron chi connectivity index (χ4n) is 3.23. The highest BCUT2D eigenvalue weighted by Crippen LogP contribution is 2.35. The zero-order valence-electron chi connectivity index (χ0n) is 12.7. The second-order valence-corrected chi connectivity index (χ2v) is 6.11. The van der Waals surface area contributed by atoms with Gasteiger partial charge in [0.05, 0.1) is 6.61 Å². The standard InChI is InChI=1S/C21H16O2/c1-2-5-16-11-19-17(10-15(16)4-1)9-8-14-6-3-7-20(21(14)19)23-13-18-12-22-18/h1-11,18H,12-13H2. The summed E-state index contributed by atoms with van der Waals surface area (Å²) in [6, 6.07) is 23.6. The van der Waals surface area contributed by atoms with Crippen LogP contribution in [0.15, 0.2) is 66.7 Å². The van der Waals surface area contributed by atoms with Gasteiger partial charge in [0, 0.05) is 5.39 Å². The van der Waals surface area contributed by atoms with E-state index in [0.717, 1.165) is 12.4 Å². The second-order valence-electron chi connectivity index (χ2n) is 6.11. The number of hydrogen-bond donors (Lipinski definition) is 0. The summed E-state index contributed by atoms with van der Waals surface area (Å²) in [4.78, 5) is 0. The third kappa shape index (κ3) is 2.23. The van der Waals surface area contributed by atoms with Crippen molar-refractivity contribution in [1.82, 2.24) is 0 Å². The van der Waals surface area contributed by atoms with Crippen molar-refractivity contribution in [1.29, 1.82) is 0 Å². The topological polar surface area (TPSA) is 21.8 Å². The highest BCUT2D eigenvalue weighted by molar-refractivity contribution is 6.14. The van der Waals surface area contributed by atoms with Crippen molar-refractivity contribution in [3.05, 3.63) is 66.7 Å². The Hall–Kier alpha value is -2.58. The van der Waals surface area contributed by atoms with E-state index < -0.39 is 0 Å². The molecular formula is C21H16O2. The molecular weight excluding hydrogens is 284 g/mol. The highest BCUT2D eigenvalue weighted by Gasteiger charge is 2.23. The molecule has 0 N–H and O–H groups in total. The minimum absolute atomic E-state index is 0.265. The number of hydrogen-bond acceptors (Lipinski definition) is 2. The molecule has 2 heteroatoms. The normalized spacial score (nSPS) is 17.0. The summed E-state index contributed by atoms with van der Waals surface area (Å²) < 4.78 is 11.3. The molecule has 112 valence electrons. The van der Waals surface area contributed by atoms with Gasteiger partial charge >= 0.3 is 0 Å². The summed E-state index contributed by atoms with van der Waals surface area (Å²) in [5.74, 6) is 0.943. The smallest absolute Gasteiger partial charge is 0.127 e. The molecule has 0 bridgehead atoms. The summed E-state index contributed by atoms with van der Waals surface area (Å²) in [7, 11) is 0. The predicted molar refractivity (Wildman–Crippen MR) is 94.2 cm³/mol. The first-order valence-electron chi connectivity index (χ1n) is 7.97. The van der Waals surface area contributed by atoms with E-state index in [4.69, 9.17) is 9.47 Å². The van der Waals surface area contributed by atoms with Crippen LogP contribution >= 0.6 is 0 Å². The highest BCUT2D eigenvalue weighted by atomic mass is 16.6. The van der Waals surface area contributed by atoms with Crippen molar-refractivity contribution >= 4 is 32.3 Å². The summed E-state index contributed by atoms with van der Waals surface area (Å²) in [5, 5.41) is 7.42. The van der Waals surface area contributed by atoms with Crippen LogP contribution in [0, 0.1) is 0 Å². The van der Waals surface area contributed by atoms with Gasteiger partial charge in [0.25, 0.3) is 0 Å². The van der Waals surface area contributed by atoms with Crippen LogP contribution in [-0.2, 0) is 4.74 Å². The Morgan fingerprint density at radius 3 is 2.39 bits per heavy atom. The lowest BCUT2D eigenvalue weighted by molar-refractivity contribution is 0.265. The Morgan fingerprint density at radius 1 is 0.826 bits per heavy atom. The maximum absolute atomic E-state index is 6.04. The first kappa shape index (κ1) is 12.9. The average molecular weight is 300 g/mol. The molecule has 1 atom stereocenters. The van der Waals surface area contributed by atoms with Crippen molar-refractivity contribution in [2.24, 2.45) is 0 Å². The Morgan fingerprint density at radius 2 is 1.57 bits per heavy atom. The summed E-state index contributed by atoms with van der Waals surface area (Å²) >= 11 is 0. The molecule has 0 amide bonds. The molecule has 4 aromatic rings. The molecule has 0 spiro atoms. The number of rotatable bonds is 3. The molecule has 23 heavy (non-hydrogen) atoms. The Bertz CT molecular complexity index is 1030. The number of benzene rings is 4. The lowest BCUT2D eigenvalue weighted by atomic mass is 9.98. The Labute approximate surface area is 134 Å². The Balaban J connectivity index is 1.79. The van der Waals surface area contributed by atoms with Crippen LogP contribution in [0.2, 0.25) is 0 Å². The first-order chi connectivity index (χ1) is 11.4. The average Bonchev–Trinajstić information content (AvgIpc) is 3.42. The van der Waals surface area contributed by atoms with E-state index in [1.54, 1.807) is 0 Å². The van der Waals surface area contributed by atoms with Gasteiger partial charge in [-0.25, -0.2) is 0 Å². The molecule has 0 aliphatic carbocycles. The maximum Gasteiger partial charge on any atom is 0.127 e. The van der Waals surface area contributed by atoms with Gasteiger partial charge in [-0.2, -0.15) is 0 Å². The molecule has 1 unspecified atom stereocenters. The molecule has 1 fully saturated rings. The minimum Gasteiger partial charge on any atom is -0.490 e. The van der Waals surface area contributed by atoms with Crippen LogP contribution < -0.4 is 4.74 Å². The molecule has 0 saturated carbocycles. The zero-order chi connectivity index (χ0) is 15.2. The third-order valence-electron chi connectivity index (χ3n) is 4.52. The van der Waals surface area contributed by atoms with Crippen molar-refractivity contribution < 1.29 is 9.47 Å². The first-order valence-corrected chi connectivity index (χ1v) is 7.97. The fraction of sp³-hybridized carbons (Fsp3) is 0.143. The third-order valence-corrected chi connectivity index (χ3v) is 4.52. The summed E-state index contributed by atoms with van der Waals surface area (Å²) in [6.07, 6.45) is 0.265. The van der Waals surface area contributed by atoms with Crippen LogP contribution in [0.4, 0.5) is 0 Å². The van der Waals surface area contributed by atoms with Gasteiger partial charge in [-0.15, -0.1) is 0 Å². The fourth-order valence-corrected chi connectivity index (χ4v) is 3.23. The van der Waals surface area contributed by atoms with Crippen molar-refractivity contribution in [3.8, 4) is 5.75 Å². The van der Waals surface area contributed by atoms with E-state index in [-0.39, 0.29) is 6.10 Å². The van der Waals surface area contributed by atoms with Gasteiger partial charge in [-0.05, 0) is 45.1 Å². The molecule has 0 aromatic heterocycles. The molecule has 0 radical (unpaired) electrons. The SMILES string of the molecule is c1ccc2cc3c(ccc4cccc(OCC5CO5)c43)cc2c1. The van der Waals surface area contributed by atoms with Crippen molar-refractivity contribution in [2.45, 2.75) is 6.10 Å². The molecule has 5 rings (SSSR count). The number of ether oxygens (including phenoxy) is 2. The van der Waals surface area contributed by atoms with Gasteiger partial charge in [-0.3, -0.25) is 0 Å². The molecule has 2 nitrogen and oxygen atoms in total. The summed E-state index contributed by atoms with van der Waals surface area (Å²) in [6.45, 7) is 1.44. The van der Waals surface area contributed by atoms with E-state index in [1.165, 1.54) is 32.3 Å². The van der Waals surface area contributed by atoms with Crippen LogP contribution in [0.1, 0.15) is 0 Å². The predicted octanol–water partition coefficient (Wildman–Crippen LogP) is 4.92. The van der Waals surface area contributed by atoms with Gasteiger partial charge in [0.2, 0.25) is 0 Å². The molecule has 1 heterocycles. The molecule has 1 saturated heterocycles. The monoisotopic (exact) mass is 300 g/mol. The largest absolute Gasteiger partial charge is 0.490 e. The van der Waals surface area contributed by atoms with Crippen molar-refractivity contribution in [3.63, 3.8) is 0 Å². The second kappa shape index (κ2) is 4.97. The van der Waals surface area contributed by atoms with Gasteiger partial charge < -0.3 is 9.47 Å². The van der Waals surface area contributed by atoms with E-state index in [9.17, 15) is 0 Å². The molecule has 4 aromatic carbocycles. The lowest BCUT2D eigenvalue weighted by Gasteiger charge is -2.12. The number of epoxide rings is 1. The maximum atomic E-state index is 6.04. The van der Waals surface area contributed by atoms with Gasteiger partial charge in [-0.1, -0.05) is 48.5 Å². The molecule has 1 aliphatic rings. The van der Waals surface area contributed by atoms with Crippen molar-refractivity contribution in [2.75, 3.05) is 13.2 Å². The van der Waals surface area contributed by atoms with E-state index in [2.05, 4.69) is 66.7 Å². The van der Waals surface area contributed by atoms with Crippen LogP contribution in [0.25, 0.3) is 32.3 Å². The van der Waals surface area contributed by atoms with Gasteiger partial charge in [0.1, 0.15) is 18.5 Å². The quantitative estimate of drug-likeness (QED) is 0.304. The minimum atomic E-state index is 0.265. The summed E-state index contributed by atoms with van der Waals surface area (Å²) in [5.41, 5.74) is 0.